The van der Waals surface area contributed by atoms with Gasteiger partial charge in [0.1, 0.15) is 33.5 Å². The van der Waals surface area contributed by atoms with Crippen LogP contribution in [0.25, 0.3) is 133 Å². The minimum Gasteiger partial charge on any atom is -0.456 e. The Morgan fingerprint density at radius 3 is 1.27 bits per heavy atom. The Morgan fingerprint density at radius 2 is 0.695 bits per heavy atom. The van der Waals surface area contributed by atoms with Gasteiger partial charge in [0.15, 0.2) is 17.5 Å². The summed E-state index contributed by atoms with van der Waals surface area (Å²) in [7, 11) is 0. The molecule has 0 fully saturated rings. The number of hydrogen-bond donors (Lipinski definition) is 0. The summed E-state index contributed by atoms with van der Waals surface area (Å²) in [6.07, 6.45) is 0. The van der Waals surface area contributed by atoms with E-state index in [4.69, 9.17) is 28.2 Å². The molecule has 6 nitrogen and oxygen atoms in total. The first-order chi connectivity index (χ1) is 29.2. The van der Waals surface area contributed by atoms with Gasteiger partial charge < -0.3 is 13.3 Å². The maximum atomic E-state index is 6.33. The van der Waals surface area contributed by atoms with Crippen LogP contribution in [-0.4, -0.2) is 15.0 Å². The molecule has 6 heteroatoms. The maximum Gasteiger partial charge on any atom is 0.164 e. The highest BCUT2D eigenvalue weighted by Crippen LogP contribution is 2.42. The molecule has 0 radical (unpaired) electrons. The average molecular weight is 756 g/mol. The number of furan rings is 3. The van der Waals surface area contributed by atoms with Gasteiger partial charge in [-0.25, -0.2) is 15.0 Å². The first-order valence-electron chi connectivity index (χ1n) is 19.7. The number of aromatic nitrogens is 3. The number of benzene rings is 9. The minimum absolute atomic E-state index is 0.561. The summed E-state index contributed by atoms with van der Waals surface area (Å²) in [5.41, 5.74) is 9.85. The Labute approximate surface area is 335 Å². The molecule has 0 aliphatic carbocycles. The molecular weight excluding hydrogens is 727 g/mol. The van der Waals surface area contributed by atoms with Gasteiger partial charge in [-0.1, -0.05) is 127 Å². The van der Waals surface area contributed by atoms with Gasteiger partial charge in [-0.2, -0.15) is 0 Å². The molecule has 0 spiro atoms. The summed E-state index contributed by atoms with van der Waals surface area (Å²) in [4.78, 5) is 15.9. The van der Waals surface area contributed by atoms with Crippen molar-refractivity contribution in [1.29, 1.82) is 0 Å². The van der Waals surface area contributed by atoms with Crippen LogP contribution in [0.2, 0.25) is 0 Å². The molecule has 0 saturated carbocycles. The third-order valence-electron chi connectivity index (χ3n) is 11.8. The molecule has 59 heavy (non-hydrogen) atoms. The summed E-state index contributed by atoms with van der Waals surface area (Å²) in [5.74, 6) is 1.70. The van der Waals surface area contributed by atoms with Crippen molar-refractivity contribution < 1.29 is 13.3 Å². The highest BCUT2D eigenvalue weighted by molar-refractivity contribution is 6.20. The van der Waals surface area contributed by atoms with E-state index in [0.29, 0.717) is 17.5 Å². The number of hydrogen-bond acceptors (Lipinski definition) is 6. The van der Waals surface area contributed by atoms with Crippen LogP contribution in [0.4, 0.5) is 0 Å². The molecule has 0 atom stereocenters. The van der Waals surface area contributed by atoms with E-state index in [9.17, 15) is 0 Å². The standard InChI is InChI=1S/C53H29N3O3/c1-2-12-34-33(11-1)32(31-24-23-30-25-28-47-50(41(30)29-31)38-15-5-8-20-44(38)59-47)26-27-35(34)51-54-52(39-16-9-21-45-48(39)36-13-3-6-18-42(36)57-45)56-53(55-51)40-17-10-22-46-49(40)37-14-4-7-19-43(37)58-46/h1-29H. The van der Waals surface area contributed by atoms with Crippen LogP contribution >= 0.6 is 0 Å². The maximum absolute atomic E-state index is 6.33. The Kier molecular flexibility index (Phi) is 6.63. The lowest BCUT2D eigenvalue weighted by molar-refractivity contribution is 0.668. The lowest BCUT2D eigenvalue weighted by Gasteiger charge is -2.14. The highest BCUT2D eigenvalue weighted by Gasteiger charge is 2.22. The summed E-state index contributed by atoms with van der Waals surface area (Å²) in [6, 6.07) is 60.4. The van der Waals surface area contributed by atoms with E-state index in [0.717, 1.165) is 110 Å². The Bertz CT molecular complexity index is 3740. The van der Waals surface area contributed by atoms with Gasteiger partial charge in [0, 0.05) is 49.0 Å². The zero-order valence-electron chi connectivity index (χ0n) is 31.3. The average Bonchev–Trinajstić information content (AvgIpc) is 4.00. The summed E-state index contributed by atoms with van der Waals surface area (Å²) in [5, 5.41) is 10.7. The van der Waals surface area contributed by atoms with Crippen molar-refractivity contribution >= 4 is 87.4 Å². The monoisotopic (exact) mass is 755 g/mol. The molecule has 0 amide bonds. The van der Waals surface area contributed by atoms with Crippen LogP contribution in [0.15, 0.2) is 189 Å². The predicted molar refractivity (Wildman–Crippen MR) is 238 cm³/mol. The van der Waals surface area contributed by atoms with Crippen LogP contribution in [-0.2, 0) is 0 Å². The zero-order valence-corrected chi connectivity index (χ0v) is 31.3. The molecule has 13 aromatic rings. The van der Waals surface area contributed by atoms with E-state index >= 15 is 0 Å². The van der Waals surface area contributed by atoms with Gasteiger partial charge >= 0.3 is 0 Å². The van der Waals surface area contributed by atoms with Crippen LogP contribution in [0.5, 0.6) is 0 Å². The van der Waals surface area contributed by atoms with Gasteiger partial charge in [0.25, 0.3) is 0 Å². The van der Waals surface area contributed by atoms with Gasteiger partial charge in [-0.15, -0.1) is 0 Å². The second-order valence-electron chi connectivity index (χ2n) is 15.0. The van der Waals surface area contributed by atoms with Crippen molar-refractivity contribution in [2.24, 2.45) is 0 Å². The van der Waals surface area contributed by atoms with Crippen LogP contribution in [0.1, 0.15) is 0 Å². The smallest absolute Gasteiger partial charge is 0.164 e. The first-order valence-corrected chi connectivity index (χ1v) is 19.7. The molecule has 9 aromatic carbocycles. The van der Waals surface area contributed by atoms with Crippen molar-refractivity contribution in [2.45, 2.75) is 0 Å². The van der Waals surface area contributed by atoms with Crippen LogP contribution in [0.3, 0.4) is 0 Å². The van der Waals surface area contributed by atoms with Crippen molar-refractivity contribution in [3.05, 3.63) is 176 Å². The largest absolute Gasteiger partial charge is 0.456 e. The normalized spacial score (nSPS) is 12.1. The van der Waals surface area contributed by atoms with Crippen molar-refractivity contribution in [1.82, 2.24) is 15.0 Å². The van der Waals surface area contributed by atoms with E-state index in [-0.39, 0.29) is 0 Å². The molecule has 274 valence electrons. The van der Waals surface area contributed by atoms with E-state index in [2.05, 4.69) is 103 Å². The highest BCUT2D eigenvalue weighted by atomic mass is 16.3. The first kappa shape index (κ1) is 32.0. The molecule has 4 aromatic heterocycles. The van der Waals surface area contributed by atoms with E-state index in [1.165, 1.54) is 5.39 Å². The molecule has 0 saturated heterocycles. The second-order valence-corrected chi connectivity index (χ2v) is 15.0. The van der Waals surface area contributed by atoms with Crippen LogP contribution < -0.4 is 0 Å². The Balaban J connectivity index is 1.06. The topological polar surface area (TPSA) is 78.1 Å². The fraction of sp³-hybridized carbons (Fsp3) is 0. The molecule has 13 rings (SSSR count). The minimum atomic E-state index is 0.561. The molecule has 0 aliphatic heterocycles. The van der Waals surface area contributed by atoms with Crippen molar-refractivity contribution in [3.8, 4) is 45.3 Å². The third kappa shape index (κ3) is 4.77. The third-order valence-corrected chi connectivity index (χ3v) is 11.8. The zero-order chi connectivity index (χ0) is 38.6. The molecule has 4 heterocycles. The van der Waals surface area contributed by atoms with Crippen molar-refractivity contribution in [3.63, 3.8) is 0 Å². The summed E-state index contributed by atoms with van der Waals surface area (Å²) in [6.45, 7) is 0. The van der Waals surface area contributed by atoms with Gasteiger partial charge in [0.05, 0.1) is 0 Å². The lowest BCUT2D eigenvalue weighted by atomic mass is 9.92. The fourth-order valence-electron chi connectivity index (χ4n) is 9.12. The van der Waals surface area contributed by atoms with E-state index in [1.54, 1.807) is 0 Å². The number of fused-ring (bicyclic) bond motifs is 12. The molecule has 0 bridgehead atoms. The lowest BCUT2D eigenvalue weighted by Crippen LogP contribution is -2.01. The Morgan fingerprint density at radius 1 is 0.271 bits per heavy atom. The molecule has 0 unspecified atom stereocenters. The van der Waals surface area contributed by atoms with E-state index in [1.807, 2.05) is 72.8 Å². The van der Waals surface area contributed by atoms with E-state index < -0.39 is 0 Å². The molecular formula is C53H29N3O3. The van der Waals surface area contributed by atoms with Crippen LogP contribution in [0, 0.1) is 0 Å². The fourth-order valence-corrected chi connectivity index (χ4v) is 9.12. The number of para-hydroxylation sites is 3. The number of rotatable bonds is 4. The Hall–Kier alpha value is -8.09. The summed E-state index contributed by atoms with van der Waals surface area (Å²) < 4.78 is 18.9. The predicted octanol–water partition coefficient (Wildman–Crippen LogP) is 14.5. The van der Waals surface area contributed by atoms with Gasteiger partial charge in [-0.05, 0) is 81.2 Å². The van der Waals surface area contributed by atoms with Gasteiger partial charge in [-0.3, -0.25) is 0 Å². The molecule has 0 aliphatic rings. The molecule has 0 N–H and O–H groups in total. The SMILES string of the molecule is c1ccc2c(c1)oc1cccc(-c3nc(-c4ccc(-c5ccc6ccc7oc8ccccc8c7c6c5)c5ccccc45)nc(-c4cccc5oc6ccccc6c45)n3)c12. The second kappa shape index (κ2) is 12.2. The quantitative estimate of drug-likeness (QED) is 0.178. The number of nitrogens with zero attached hydrogens (tertiary/aromatic N) is 3. The van der Waals surface area contributed by atoms with Gasteiger partial charge in [0.2, 0.25) is 0 Å². The van der Waals surface area contributed by atoms with Crippen molar-refractivity contribution in [2.75, 3.05) is 0 Å². The summed E-state index contributed by atoms with van der Waals surface area (Å²) >= 11 is 0.